The van der Waals surface area contributed by atoms with Crippen molar-refractivity contribution in [3.63, 3.8) is 0 Å². The van der Waals surface area contributed by atoms with E-state index in [0.29, 0.717) is 5.56 Å². The first-order valence-electron chi connectivity index (χ1n) is 8.34. The van der Waals surface area contributed by atoms with E-state index in [-0.39, 0.29) is 21.9 Å². The molecule has 0 aromatic heterocycles. The number of phenols is 1. The minimum Gasteiger partial charge on any atom is -0.506 e. The highest BCUT2D eigenvalue weighted by molar-refractivity contribution is 7.86. The fourth-order valence-corrected chi connectivity index (χ4v) is 4.60. The van der Waals surface area contributed by atoms with Crippen LogP contribution in [-0.2, 0) is 20.2 Å². The number of nitrogens with zero attached hydrogens (tertiary/aromatic N) is 1. The van der Waals surface area contributed by atoms with Gasteiger partial charge in [0.15, 0.2) is 0 Å². The molecule has 0 atom stereocenters. The Morgan fingerprint density at radius 2 is 1.41 bits per heavy atom. The molecular formula is C19H19NO7S2. The quantitative estimate of drug-likeness (QED) is 0.531. The molecular weight excluding hydrogens is 418 g/mol. The summed E-state index contributed by atoms with van der Waals surface area (Å²) in [6, 6.07) is 10.3. The molecule has 3 N–H and O–H groups in total. The van der Waals surface area contributed by atoms with Crippen molar-refractivity contribution in [3.8, 4) is 16.9 Å². The number of aromatic hydroxyl groups is 1. The van der Waals surface area contributed by atoms with Crippen molar-refractivity contribution < 1.29 is 31.0 Å². The van der Waals surface area contributed by atoms with Crippen LogP contribution in [0.4, 0.5) is 5.69 Å². The molecule has 0 saturated carbocycles. The second-order valence-electron chi connectivity index (χ2n) is 6.78. The molecule has 3 aromatic rings. The second-order valence-corrected chi connectivity index (χ2v) is 9.56. The fourth-order valence-electron chi connectivity index (χ4n) is 3.21. The summed E-state index contributed by atoms with van der Waals surface area (Å²) in [6.07, 6.45) is 0. The monoisotopic (exact) mass is 437 g/mol. The summed E-state index contributed by atoms with van der Waals surface area (Å²) in [5.74, 6) is -0.695. The van der Waals surface area contributed by atoms with Gasteiger partial charge in [0.05, 0.1) is 4.90 Å². The standard InChI is InChI=1S/C19H19NO7S2/c1-11-16-10-14(28(22,23)24)8-9-15(16)17(19(18(11)21)29(25,26)27)12-4-6-13(7-5-12)20(2)3/h4-10,21H,1-3H3,(H,22,23,24)(H,25,26,27). The minimum atomic E-state index is -4.82. The molecule has 29 heavy (non-hydrogen) atoms. The Morgan fingerprint density at radius 1 is 0.828 bits per heavy atom. The largest absolute Gasteiger partial charge is 0.506 e. The van der Waals surface area contributed by atoms with E-state index in [1.807, 2.05) is 19.0 Å². The van der Waals surface area contributed by atoms with Crippen molar-refractivity contribution in [2.24, 2.45) is 0 Å². The number of anilines is 1. The lowest BCUT2D eigenvalue weighted by Gasteiger charge is -2.18. The van der Waals surface area contributed by atoms with Crippen LogP contribution in [-0.4, -0.2) is 45.1 Å². The Hall–Kier alpha value is -2.66. The molecule has 0 amide bonds. The van der Waals surface area contributed by atoms with E-state index in [1.165, 1.54) is 13.0 Å². The summed E-state index contributed by atoms with van der Waals surface area (Å²) < 4.78 is 66.3. The number of phenolic OH excluding ortho intramolecular Hbond substituents is 1. The van der Waals surface area contributed by atoms with Gasteiger partial charge in [-0.15, -0.1) is 0 Å². The summed E-state index contributed by atoms with van der Waals surface area (Å²) >= 11 is 0. The molecule has 0 radical (unpaired) electrons. The highest BCUT2D eigenvalue weighted by atomic mass is 32.2. The van der Waals surface area contributed by atoms with Crippen molar-refractivity contribution in [2.45, 2.75) is 16.7 Å². The molecule has 0 spiro atoms. The van der Waals surface area contributed by atoms with Crippen LogP contribution >= 0.6 is 0 Å². The van der Waals surface area contributed by atoms with E-state index in [4.69, 9.17) is 0 Å². The van der Waals surface area contributed by atoms with Crippen molar-refractivity contribution in [1.29, 1.82) is 0 Å². The molecule has 0 bridgehead atoms. The van der Waals surface area contributed by atoms with Crippen molar-refractivity contribution in [1.82, 2.24) is 0 Å². The van der Waals surface area contributed by atoms with Gasteiger partial charge in [0, 0.05) is 30.9 Å². The zero-order chi connectivity index (χ0) is 21.7. The van der Waals surface area contributed by atoms with Crippen LogP contribution in [0.25, 0.3) is 21.9 Å². The Balaban J connectivity index is 2.50. The van der Waals surface area contributed by atoms with Gasteiger partial charge < -0.3 is 10.0 Å². The average molecular weight is 437 g/mol. The molecule has 0 aliphatic rings. The molecule has 154 valence electrons. The van der Waals surface area contributed by atoms with Crippen LogP contribution in [0.5, 0.6) is 5.75 Å². The Kier molecular flexibility index (Phi) is 5.08. The van der Waals surface area contributed by atoms with E-state index >= 15 is 0 Å². The number of hydrogen-bond acceptors (Lipinski definition) is 6. The van der Waals surface area contributed by atoms with Crippen LogP contribution < -0.4 is 4.90 Å². The molecule has 10 heteroatoms. The Labute approximate surface area is 168 Å². The van der Waals surface area contributed by atoms with Gasteiger partial charge in [0.1, 0.15) is 10.6 Å². The van der Waals surface area contributed by atoms with Crippen molar-refractivity contribution in [2.75, 3.05) is 19.0 Å². The molecule has 0 unspecified atom stereocenters. The Bertz CT molecular complexity index is 1330. The number of rotatable bonds is 4. The summed E-state index contributed by atoms with van der Waals surface area (Å²) in [4.78, 5) is 0.775. The van der Waals surface area contributed by atoms with Gasteiger partial charge in [0.2, 0.25) is 0 Å². The smallest absolute Gasteiger partial charge is 0.298 e. The van der Waals surface area contributed by atoms with Crippen molar-refractivity contribution >= 4 is 36.7 Å². The van der Waals surface area contributed by atoms with Gasteiger partial charge >= 0.3 is 0 Å². The summed E-state index contributed by atoms with van der Waals surface area (Å²) in [5.41, 5.74) is 1.31. The van der Waals surface area contributed by atoms with Gasteiger partial charge in [-0.25, -0.2) is 0 Å². The molecule has 0 aliphatic carbocycles. The molecule has 0 saturated heterocycles. The first-order valence-corrected chi connectivity index (χ1v) is 11.2. The fraction of sp³-hybridized carbons (Fsp3) is 0.158. The summed E-state index contributed by atoms with van der Waals surface area (Å²) in [7, 11) is -5.66. The van der Waals surface area contributed by atoms with Gasteiger partial charge in [-0.3, -0.25) is 9.11 Å². The van der Waals surface area contributed by atoms with Crippen LogP contribution in [0.3, 0.4) is 0 Å². The summed E-state index contributed by atoms with van der Waals surface area (Å²) in [6.45, 7) is 1.39. The molecule has 0 heterocycles. The molecule has 3 aromatic carbocycles. The third kappa shape index (κ3) is 3.79. The first kappa shape index (κ1) is 21.1. The highest BCUT2D eigenvalue weighted by Crippen LogP contribution is 2.44. The third-order valence-corrected chi connectivity index (χ3v) is 6.45. The van der Waals surface area contributed by atoms with Gasteiger partial charge in [-0.1, -0.05) is 18.2 Å². The zero-order valence-corrected chi connectivity index (χ0v) is 17.4. The minimum absolute atomic E-state index is 0.0257. The van der Waals surface area contributed by atoms with Crippen LogP contribution in [0.2, 0.25) is 0 Å². The number of aryl methyl sites for hydroxylation is 1. The lowest BCUT2D eigenvalue weighted by atomic mass is 9.94. The maximum Gasteiger partial charge on any atom is 0.298 e. The van der Waals surface area contributed by atoms with Gasteiger partial charge in [-0.05, 0) is 47.5 Å². The van der Waals surface area contributed by atoms with E-state index in [0.717, 1.165) is 17.8 Å². The lowest BCUT2D eigenvalue weighted by molar-refractivity contribution is 0.441. The van der Waals surface area contributed by atoms with Gasteiger partial charge in [0.25, 0.3) is 20.2 Å². The highest BCUT2D eigenvalue weighted by Gasteiger charge is 2.27. The molecule has 0 fully saturated rings. The lowest BCUT2D eigenvalue weighted by Crippen LogP contribution is -2.08. The molecule has 8 nitrogen and oxygen atoms in total. The van der Waals surface area contributed by atoms with E-state index in [1.54, 1.807) is 24.3 Å². The normalized spacial score (nSPS) is 12.3. The number of fused-ring (bicyclic) bond motifs is 1. The number of hydrogen-bond donors (Lipinski definition) is 3. The average Bonchev–Trinajstić information content (AvgIpc) is 2.62. The third-order valence-electron chi connectivity index (χ3n) is 4.69. The van der Waals surface area contributed by atoms with Crippen LogP contribution in [0.1, 0.15) is 5.56 Å². The van der Waals surface area contributed by atoms with Crippen molar-refractivity contribution in [3.05, 3.63) is 48.0 Å². The maximum absolute atomic E-state index is 12.1. The predicted molar refractivity (Wildman–Crippen MR) is 110 cm³/mol. The zero-order valence-electron chi connectivity index (χ0n) is 15.8. The topological polar surface area (TPSA) is 132 Å². The second kappa shape index (κ2) is 6.99. The maximum atomic E-state index is 12.1. The summed E-state index contributed by atoms with van der Waals surface area (Å²) in [5, 5.41) is 11.1. The first-order chi connectivity index (χ1) is 13.3. The Morgan fingerprint density at radius 3 is 1.90 bits per heavy atom. The molecule has 0 aliphatic heterocycles. The van der Waals surface area contributed by atoms with Crippen LogP contribution in [0, 0.1) is 6.92 Å². The molecule has 3 rings (SSSR count). The van der Waals surface area contributed by atoms with E-state index in [2.05, 4.69) is 0 Å². The predicted octanol–water partition coefficient (Wildman–Crippen LogP) is 3.08. The van der Waals surface area contributed by atoms with Gasteiger partial charge in [-0.2, -0.15) is 16.8 Å². The van der Waals surface area contributed by atoms with E-state index in [9.17, 15) is 31.0 Å². The van der Waals surface area contributed by atoms with Crippen LogP contribution in [0.15, 0.2) is 52.3 Å². The van der Waals surface area contributed by atoms with E-state index < -0.39 is 35.8 Å². The SMILES string of the molecule is Cc1c(O)c(S(=O)(=O)O)c(-c2ccc(N(C)C)cc2)c2ccc(S(=O)(=O)O)cc12. The number of benzene rings is 3.